The van der Waals surface area contributed by atoms with Gasteiger partial charge in [0.15, 0.2) is 5.60 Å². The van der Waals surface area contributed by atoms with Crippen LogP contribution in [0.15, 0.2) is 30.9 Å². The first-order valence-electron chi connectivity index (χ1n) is 8.21. The fraction of sp³-hybridized carbons (Fsp3) is 0.556. The largest absolute Gasteiger partial charge is 0.365 e. The number of hydrogen-bond acceptors (Lipinski definition) is 3. The van der Waals surface area contributed by atoms with Crippen LogP contribution in [0.4, 0.5) is 8.78 Å². The molecule has 130 valence electrons. The maximum absolute atomic E-state index is 15.4. The number of nitrogens with zero attached hydrogens (tertiary/aromatic N) is 3. The average molecular weight is 335 g/mol. The van der Waals surface area contributed by atoms with Crippen molar-refractivity contribution in [2.45, 2.75) is 51.2 Å². The molecule has 0 radical (unpaired) electrons. The van der Waals surface area contributed by atoms with E-state index in [1.54, 1.807) is 6.07 Å². The number of ether oxygens (including phenoxy) is 1. The number of benzene rings is 1. The molecule has 1 aromatic heterocycles. The number of aryl methyl sites for hydroxylation is 2. The summed E-state index contributed by atoms with van der Waals surface area (Å²) in [6.45, 7) is 3.72. The Bertz CT molecular complexity index is 698. The number of methoxy groups -OCH3 is 1. The molecule has 1 unspecified atom stereocenters. The summed E-state index contributed by atoms with van der Waals surface area (Å²) in [5, 5.41) is 4.02. The Labute approximate surface area is 140 Å². The van der Waals surface area contributed by atoms with Gasteiger partial charge in [0.25, 0.3) is 5.92 Å². The Balaban J connectivity index is 2.10. The lowest BCUT2D eigenvalue weighted by Crippen LogP contribution is -2.51. The summed E-state index contributed by atoms with van der Waals surface area (Å²) >= 11 is 0. The van der Waals surface area contributed by atoms with Crippen LogP contribution in [0.3, 0.4) is 0 Å². The summed E-state index contributed by atoms with van der Waals surface area (Å²) in [6.07, 6.45) is 4.37. The van der Waals surface area contributed by atoms with Crippen LogP contribution in [0, 0.1) is 19.8 Å². The van der Waals surface area contributed by atoms with E-state index in [2.05, 4.69) is 10.1 Å². The molecule has 4 nitrogen and oxygen atoms in total. The normalized spacial score (nSPS) is 17.7. The molecule has 1 aliphatic carbocycles. The molecule has 0 saturated heterocycles. The Kier molecular flexibility index (Phi) is 4.42. The fourth-order valence-electron chi connectivity index (χ4n) is 3.38. The van der Waals surface area contributed by atoms with Crippen LogP contribution in [0.2, 0.25) is 0 Å². The molecule has 1 heterocycles. The van der Waals surface area contributed by atoms with Crippen LogP contribution < -0.4 is 0 Å². The van der Waals surface area contributed by atoms with Crippen LogP contribution >= 0.6 is 0 Å². The van der Waals surface area contributed by atoms with Crippen molar-refractivity contribution in [1.82, 2.24) is 14.8 Å². The molecule has 0 aliphatic heterocycles. The van der Waals surface area contributed by atoms with Crippen molar-refractivity contribution in [3.8, 4) is 0 Å². The van der Waals surface area contributed by atoms with Crippen molar-refractivity contribution in [1.29, 1.82) is 0 Å². The van der Waals surface area contributed by atoms with Crippen molar-refractivity contribution >= 4 is 0 Å². The van der Waals surface area contributed by atoms with Crippen molar-refractivity contribution in [3.05, 3.63) is 47.5 Å². The molecule has 1 atom stereocenters. The molecule has 3 rings (SSSR count). The summed E-state index contributed by atoms with van der Waals surface area (Å²) in [4.78, 5) is 3.88. The Hall–Kier alpha value is -1.82. The monoisotopic (exact) mass is 335 g/mol. The number of alkyl halides is 2. The van der Waals surface area contributed by atoms with Gasteiger partial charge in [0, 0.05) is 13.5 Å². The molecule has 1 fully saturated rings. The van der Waals surface area contributed by atoms with E-state index in [0.29, 0.717) is 5.56 Å². The second kappa shape index (κ2) is 6.24. The van der Waals surface area contributed by atoms with Gasteiger partial charge < -0.3 is 4.74 Å². The third-order valence-electron chi connectivity index (χ3n) is 4.85. The van der Waals surface area contributed by atoms with E-state index >= 15 is 8.78 Å². The summed E-state index contributed by atoms with van der Waals surface area (Å²) in [5.74, 6) is -2.93. The standard InChI is InChI=1S/C18H23F2N3O/c1-13-4-7-16(14(2)8-13)17(24-3,10-23-12-21-11-22-23)18(19,20)9-15-5-6-15/h4,7-8,11-12,15H,5-6,9-10H2,1-3H3. The summed E-state index contributed by atoms with van der Waals surface area (Å²) < 4.78 is 37.8. The minimum Gasteiger partial charge on any atom is -0.365 e. The molecule has 0 bridgehead atoms. The maximum atomic E-state index is 15.4. The summed E-state index contributed by atoms with van der Waals surface area (Å²) in [6, 6.07) is 5.52. The SMILES string of the molecule is COC(Cn1cncn1)(c1ccc(C)cc1C)C(F)(F)CC1CC1. The zero-order chi connectivity index (χ0) is 17.4. The highest BCUT2D eigenvalue weighted by molar-refractivity contribution is 5.37. The molecule has 1 aliphatic rings. The third-order valence-corrected chi connectivity index (χ3v) is 4.85. The van der Waals surface area contributed by atoms with Crippen LogP contribution in [0.5, 0.6) is 0 Å². The number of rotatable bonds is 7. The maximum Gasteiger partial charge on any atom is 0.282 e. The van der Waals surface area contributed by atoms with Crippen molar-refractivity contribution < 1.29 is 13.5 Å². The van der Waals surface area contributed by atoms with Gasteiger partial charge in [0.1, 0.15) is 12.7 Å². The highest BCUT2D eigenvalue weighted by Crippen LogP contribution is 2.50. The summed E-state index contributed by atoms with van der Waals surface area (Å²) in [7, 11) is 1.36. The minimum atomic E-state index is -3.01. The van der Waals surface area contributed by atoms with Gasteiger partial charge in [-0.3, -0.25) is 0 Å². The first kappa shape index (κ1) is 17.0. The molecule has 1 saturated carbocycles. The lowest BCUT2D eigenvalue weighted by atomic mass is 9.81. The Morgan fingerprint density at radius 2 is 2.04 bits per heavy atom. The van der Waals surface area contributed by atoms with Gasteiger partial charge in [0.2, 0.25) is 0 Å². The van der Waals surface area contributed by atoms with Crippen LogP contribution in [-0.4, -0.2) is 27.8 Å². The Morgan fingerprint density at radius 1 is 1.29 bits per heavy atom. The predicted molar refractivity (Wildman–Crippen MR) is 86.9 cm³/mol. The van der Waals surface area contributed by atoms with Gasteiger partial charge in [-0.1, -0.05) is 23.8 Å². The zero-order valence-electron chi connectivity index (χ0n) is 14.3. The van der Waals surface area contributed by atoms with Crippen LogP contribution in [0.25, 0.3) is 0 Å². The van der Waals surface area contributed by atoms with E-state index in [-0.39, 0.29) is 18.9 Å². The number of hydrogen-bond donors (Lipinski definition) is 0. The molecule has 6 heteroatoms. The number of halogens is 2. The molecule has 0 N–H and O–H groups in total. The topological polar surface area (TPSA) is 39.9 Å². The van der Waals surface area contributed by atoms with E-state index in [1.165, 1.54) is 24.4 Å². The van der Waals surface area contributed by atoms with E-state index in [0.717, 1.165) is 24.0 Å². The van der Waals surface area contributed by atoms with Crippen molar-refractivity contribution in [3.63, 3.8) is 0 Å². The number of aromatic nitrogens is 3. The molecule has 24 heavy (non-hydrogen) atoms. The van der Waals surface area contributed by atoms with Crippen molar-refractivity contribution in [2.24, 2.45) is 5.92 Å². The molecule has 2 aromatic rings. The van der Waals surface area contributed by atoms with Gasteiger partial charge in [-0.15, -0.1) is 0 Å². The van der Waals surface area contributed by atoms with Crippen molar-refractivity contribution in [2.75, 3.05) is 7.11 Å². The quantitative estimate of drug-likeness (QED) is 0.771. The van der Waals surface area contributed by atoms with E-state index < -0.39 is 11.5 Å². The predicted octanol–water partition coefficient (Wildman–Crippen LogP) is 3.87. The highest BCUT2D eigenvalue weighted by Gasteiger charge is 2.58. The highest BCUT2D eigenvalue weighted by atomic mass is 19.3. The molecule has 1 aromatic carbocycles. The van der Waals surface area contributed by atoms with Gasteiger partial charge in [0.05, 0.1) is 6.54 Å². The van der Waals surface area contributed by atoms with E-state index in [1.807, 2.05) is 26.0 Å². The summed E-state index contributed by atoms with van der Waals surface area (Å²) in [5.41, 5.74) is 0.581. The molecule has 0 amide bonds. The average Bonchev–Trinajstić information content (AvgIpc) is 3.16. The fourth-order valence-corrected chi connectivity index (χ4v) is 3.38. The van der Waals surface area contributed by atoms with Crippen LogP contribution in [0.1, 0.15) is 36.0 Å². The Morgan fingerprint density at radius 3 is 2.58 bits per heavy atom. The van der Waals surface area contributed by atoms with Gasteiger partial charge in [-0.05, 0) is 43.7 Å². The first-order chi connectivity index (χ1) is 11.4. The van der Waals surface area contributed by atoms with E-state index in [9.17, 15) is 0 Å². The lowest BCUT2D eigenvalue weighted by molar-refractivity contribution is -0.217. The lowest BCUT2D eigenvalue weighted by Gasteiger charge is -2.40. The van der Waals surface area contributed by atoms with Gasteiger partial charge in [-0.25, -0.2) is 18.4 Å². The third kappa shape index (κ3) is 3.07. The second-order valence-corrected chi connectivity index (χ2v) is 6.79. The molecular formula is C18H23F2N3O. The van der Waals surface area contributed by atoms with Gasteiger partial charge in [-0.2, -0.15) is 5.10 Å². The molecular weight excluding hydrogens is 312 g/mol. The molecule has 0 spiro atoms. The smallest absolute Gasteiger partial charge is 0.282 e. The zero-order valence-corrected chi connectivity index (χ0v) is 14.3. The van der Waals surface area contributed by atoms with Gasteiger partial charge >= 0.3 is 0 Å². The van der Waals surface area contributed by atoms with E-state index in [4.69, 9.17) is 4.74 Å². The second-order valence-electron chi connectivity index (χ2n) is 6.79. The minimum absolute atomic E-state index is 0.0763. The first-order valence-corrected chi connectivity index (χ1v) is 8.21. The van der Waals surface area contributed by atoms with Crippen LogP contribution in [-0.2, 0) is 16.9 Å².